The predicted molar refractivity (Wildman–Crippen MR) is 93.5 cm³/mol. The van der Waals surface area contributed by atoms with Crippen LogP contribution in [0, 0.1) is 11.3 Å². The molecule has 2 aromatic rings. The highest BCUT2D eigenvalue weighted by Crippen LogP contribution is 2.45. The van der Waals surface area contributed by atoms with Crippen LogP contribution in [0.2, 0.25) is 0 Å². The number of anilines is 1. The molecule has 1 amide bonds. The number of halogens is 2. The highest BCUT2D eigenvalue weighted by Gasteiger charge is 2.41. The second-order valence-corrected chi connectivity index (χ2v) is 7.06. The van der Waals surface area contributed by atoms with Crippen LogP contribution >= 0.6 is 31.9 Å². The van der Waals surface area contributed by atoms with Crippen LogP contribution in [-0.2, 0) is 0 Å². The summed E-state index contributed by atoms with van der Waals surface area (Å²) < 4.78 is 0. The molecule has 2 aromatic carbocycles. The first-order valence-corrected chi connectivity index (χ1v) is 8.63. The zero-order valence-electron chi connectivity index (χ0n) is 11.5. The summed E-state index contributed by atoms with van der Waals surface area (Å²) in [5, 5.41) is 9.58. The zero-order chi connectivity index (χ0) is 15.7. The van der Waals surface area contributed by atoms with Gasteiger partial charge in [-0.3, -0.25) is 9.69 Å². The minimum atomic E-state index is -0.577. The average molecular weight is 420 g/mol. The number of nitrogens with zero attached hydrogens (tertiary/aromatic N) is 2. The number of carbonyl (C=O) groups excluding carboxylic acids is 1. The van der Waals surface area contributed by atoms with Crippen LogP contribution in [0.25, 0.3) is 0 Å². The van der Waals surface area contributed by atoms with Crippen LogP contribution in [0.5, 0.6) is 0 Å². The van der Waals surface area contributed by atoms with Gasteiger partial charge in [0, 0.05) is 11.3 Å². The Bertz CT molecular complexity index is 742. The van der Waals surface area contributed by atoms with Gasteiger partial charge in [-0.25, -0.2) is 0 Å². The van der Waals surface area contributed by atoms with Crippen molar-refractivity contribution in [1.82, 2.24) is 0 Å². The van der Waals surface area contributed by atoms with Gasteiger partial charge in [0.2, 0.25) is 0 Å². The Hall–Kier alpha value is -1.64. The molecule has 3 rings (SSSR count). The van der Waals surface area contributed by atoms with Crippen LogP contribution < -0.4 is 4.90 Å². The molecule has 1 aliphatic heterocycles. The van der Waals surface area contributed by atoms with Crippen LogP contribution in [0.15, 0.2) is 54.6 Å². The van der Waals surface area contributed by atoms with E-state index in [2.05, 4.69) is 37.9 Å². The highest BCUT2D eigenvalue weighted by atomic mass is 79.9. The van der Waals surface area contributed by atoms with E-state index < -0.39 is 6.04 Å². The van der Waals surface area contributed by atoms with Crippen LogP contribution in [0.1, 0.15) is 20.7 Å². The lowest BCUT2D eigenvalue weighted by Crippen LogP contribution is -2.49. The molecule has 0 fully saturated rings. The Morgan fingerprint density at radius 3 is 2.36 bits per heavy atom. The van der Waals surface area contributed by atoms with Crippen molar-refractivity contribution in [1.29, 1.82) is 5.26 Å². The third-order valence-electron chi connectivity index (χ3n) is 3.72. The fourth-order valence-corrected chi connectivity index (χ4v) is 3.96. The molecule has 110 valence electrons. The number of fused-ring (bicyclic) bond motifs is 1. The van der Waals surface area contributed by atoms with Gasteiger partial charge in [0.15, 0.2) is 0 Å². The molecule has 5 heteroatoms. The van der Waals surface area contributed by atoms with E-state index in [0.29, 0.717) is 5.56 Å². The molecular formula is C17H12Br2N2O. The third kappa shape index (κ3) is 2.47. The number of amides is 1. The lowest BCUT2D eigenvalue weighted by molar-refractivity contribution is 0.0979. The van der Waals surface area contributed by atoms with E-state index in [1.165, 1.54) is 0 Å². The van der Waals surface area contributed by atoms with Crippen molar-refractivity contribution in [3.63, 3.8) is 0 Å². The van der Waals surface area contributed by atoms with Gasteiger partial charge in [0.05, 0.1) is 15.7 Å². The maximum absolute atomic E-state index is 12.9. The van der Waals surface area contributed by atoms with Gasteiger partial charge in [-0.15, -0.1) is 0 Å². The summed E-state index contributed by atoms with van der Waals surface area (Å²) in [7, 11) is 0. The molecule has 0 saturated heterocycles. The Morgan fingerprint density at radius 1 is 1.05 bits per heavy atom. The van der Waals surface area contributed by atoms with Gasteiger partial charge in [-0.2, -0.15) is 5.26 Å². The second kappa shape index (κ2) is 6.23. The Kier molecular flexibility index (Phi) is 4.32. The molecule has 0 radical (unpaired) electrons. The number of alkyl halides is 2. The fourth-order valence-electron chi connectivity index (χ4n) is 2.65. The molecular weight excluding hydrogens is 408 g/mol. The lowest BCUT2D eigenvalue weighted by atomic mass is 9.95. The summed E-state index contributed by atoms with van der Waals surface area (Å²) in [6.07, 6.45) is 0. The predicted octanol–water partition coefficient (Wildman–Crippen LogP) is 4.44. The molecule has 0 N–H and O–H groups in total. The molecule has 22 heavy (non-hydrogen) atoms. The van der Waals surface area contributed by atoms with E-state index in [4.69, 9.17) is 0 Å². The van der Waals surface area contributed by atoms with Crippen LogP contribution in [-0.4, -0.2) is 16.8 Å². The molecule has 3 atom stereocenters. The van der Waals surface area contributed by atoms with E-state index in [0.717, 1.165) is 11.3 Å². The number of hydrogen-bond acceptors (Lipinski definition) is 2. The first-order valence-electron chi connectivity index (χ1n) is 6.80. The Labute approximate surface area is 145 Å². The SMILES string of the molecule is N#C[C@@H]1[C@H](Br)[C@@H](Br)c2ccccc2N1C(=O)c1ccccc1. The summed E-state index contributed by atoms with van der Waals surface area (Å²) in [4.78, 5) is 14.3. The van der Waals surface area contributed by atoms with E-state index in [1.54, 1.807) is 17.0 Å². The molecule has 3 nitrogen and oxygen atoms in total. The van der Waals surface area contributed by atoms with Crippen molar-refractivity contribution in [2.45, 2.75) is 15.7 Å². The molecule has 1 aliphatic rings. The van der Waals surface area contributed by atoms with Crippen LogP contribution in [0.3, 0.4) is 0 Å². The normalized spacial score (nSPS) is 23.5. The summed E-state index contributed by atoms with van der Waals surface area (Å²) in [6, 6.07) is 18.4. The summed E-state index contributed by atoms with van der Waals surface area (Å²) in [6.45, 7) is 0. The molecule has 0 aromatic heterocycles. The Balaban J connectivity index is 2.14. The largest absolute Gasteiger partial charge is 0.290 e. The average Bonchev–Trinajstić information content (AvgIpc) is 2.58. The molecule has 1 heterocycles. The molecule has 0 bridgehead atoms. The smallest absolute Gasteiger partial charge is 0.259 e. The number of carbonyl (C=O) groups is 1. The van der Waals surface area contributed by atoms with Crippen molar-refractivity contribution in [2.24, 2.45) is 0 Å². The summed E-state index contributed by atoms with van der Waals surface area (Å²) >= 11 is 7.20. The monoisotopic (exact) mass is 418 g/mol. The van der Waals surface area contributed by atoms with Crippen molar-refractivity contribution in [2.75, 3.05) is 4.90 Å². The minimum absolute atomic E-state index is 0.0202. The Morgan fingerprint density at radius 2 is 1.68 bits per heavy atom. The molecule has 0 aliphatic carbocycles. The molecule has 0 saturated carbocycles. The minimum Gasteiger partial charge on any atom is -0.290 e. The van der Waals surface area contributed by atoms with Gasteiger partial charge in [-0.05, 0) is 23.8 Å². The van der Waals surface area contributed by atoms with E-state index in [1.807, 2.05) is 42.5 Å². The molecule has 0 unspecified atom stereocenters. The van der Waals surface area contributed by atoms with Gasteiger partial charge in [-0.1, -0.05) is 68.3 Å². The van der Waals surface area contributed by atoms with Crippen molar-refractivity contribution >= 4 is 43.5 Å². The van der Waals surface area contributed by atoms with Gasteiger partial charge >= 0.3 is 0 Å². The van der Waals surface area contributed by atoms with Crippen molar-refractivity contribution < 1.29 is 4.79 Å². The number of rotatable bonds is 1. The van der Waals surface area contributed by atoms with Crippen molar-refractivity contribution in [3.8, 4) is 6.07 Å². The van der Waals surface area contributed by atoms with E-state index in [9.17, 15) is 10.1 Å². The van der Waals surface area contributed by atoms with Gasteiger partial charge < -0.3 is 0 Å². The first-order chi connectivity index (χ1) is 10.6. The second-order valence-electron chi connectivity index (χ2n) is 5.02. The maximum Gasteiger partial charge on any atom is 0.259 e. The summed E-state index contributed by atoms with van der Waals surface area (Å²) in [5.41, 5.74) is 2.35. The van der Waals surface area contributed by atoms with E-state index >= 15 is 0 Å². The van der Waals surface area contributed by atoms with Gasteiger partial charge in [0.25, 0.3) is 5.91 Å². The fraction of sp³-hybridized carbons (Fsp3) is 0.176. The number of para-hydroxylation sites is 1. The number of benzene rings is 2. The number of hydrogen-bond donors (Lipinski definition) is 0. The van der Waals surface area contributed by atoms with Crippen molar-refractivity contribution in [3.05, 3.63) is 65.7 Å². The van der Waals surface area contributed by atoms with E-state index in [-0.39, 0.29) is 15.6 Å². The topological polar surface area (TPSA) is 44.1 Å². The zero-order valence-corrected chi connectivity index (χ0v) is 14.7. The highest BCUT2D eigenvalue weighted by molar-refractivity contribution is 9.12. The van der Waals surface area contributed by atoms with Crippen LogP contribution in [0.4, 0.5) is 5.69 Å². The standard InChI is InChI=1S/C17H12Br2N2O/c18-15-12-8-4-5-9-13(12)21(14(10-20)16(15)19)17(22)11-6-2-1-3-7-11/h1-9,14-16H/t14-,15+,16+/m1/s1. The number of nitriles is 1. The molecule has 0 spiro atoms. The van der Waals surface area contributed by atoms with Gasteiger partial charge in [0.1, 0.15) is 6.04 Å². The third-order valence-corrected chi connectivity index (χ3v) is 6.53. The lowest BCUT2D eigenvalue weighted by Gasteiger charge is -2.39. The first kappa shape index (κ1) is 15.3. The maximum atomic E-state index is 12.9. The summed E-state index contributed by atoms with van der Waals surface area (Å²) in [5.74, 6) is -0.163. The quantitative estimate of drug-likeness (QED) is 0.641.